The second-order valence-corrected chi connectivity index (χ2v) is 7.24. The van der Waals surface area contributed by atoms with Gasteiger partial charge in [0.2, 0.25) is 5.91 Å². The Morgan fingerprint density at radius 3 is 2.83 bits per heavy atom. The number of thiazole rings is 1. The van der Waals surface area contributed by atoms with E-state index >= 15 is 0 Å². The number of piperazine rings is 1. The van der Waals surface area contributed by atoms with Crippen molar-refractivity contribution in [3.05, 3.63) is 40.9 Å². The molecule has 1 saturated heterocycles. The fourth-order valence-corrected chi connectivity index (χ4v) is 3.88. The first-order chi connectivity index (χ1) is 11.5. The lowest BCUT2D eigenvalue weighted by Crippen LogP contribution is -2.54. The van der Waals surface area contributed by atoms with Crippen molar-refractivity contribution in [3.8, 4) is 0 Å². The number of nitrogen functional groups attached to an aromatic ring is 1. The Morgan fingerprint density at radius 2 is 2.17 bits per heavy atom. The minimum atomic E-state index is 0.207. The van der Waals surface area contributed by atoms with Gasteiger partial charge in [0.15, 0.2) is 5.13 Å². The van der Waals surface area contributed by atoms with E-state index in [1.165, 1.54) is 22.6 Å². The molecule has 1 unspecified atom stereocenters. The molecule has 1 fully saturated rings. The lowest BCUT2D eigenvalue weighted by Gasteiger charge is -2.41. The quantitative estimate of drug-likeness (QED) is 0.926. The maximum atomic E-state index is 12.6. The molecule has 0 aliphatic carbocycles. The van der Waals surface area contributed by atoms with Gasteiger partial charge in [-0.2, -0.15) is 0 Å². The third kappa shape index (κ3) is 3.70. The number of anilines is 2. The van der Waals surface area contributed by atoms with Crippen molar-refractivity contribution in [3.63, 3.8) is 0 Å². The highest BCUT2D eigenvalue weighted by Gasteiger charge is 2.27. The number of hydrogen-bond donors (Lipinski definition) is 1. The number of para-hydroxylation sites is 1. The zero-order chi connectivity index (χ0) is 17.1. The highest BCUT2D eigenvalue weighted by atomic mass is 32.1. The van der Waals surface area contributed by atoms with Crippen LogP contribution in [0, 0.1) is 6.92 Å². The predicted molar refractivity (Wildman–Crippen MR) is 99.4 cm³/mol. The van der Waals surface area contributed by atoms with E-state index in [0.29, 0.717) is 18.0 Å². The maximum Gasteiger partial charge on any atom is 0.223 e. The molecular formula is C18H24N4OS. The van der Waals surface area contributed by atoms with Gasteiger partial charge in [0.25, 0.3) is 0 Å². The average molecular weight is 344 g/mol. The summed E-state index contributed by atoms with van der Waals surface area (Å²) in [5, 5.41) is 2.50. The van der Waals surface area contributed by atoms with E-state index in [4.69, 9.17) is 5.73 Å². The topological polar surface area (TPSA) is 62.5 Å². The van der Waals surface area contributed by atoms with Gasteiger partial charge in [0.05, 0.1) is 5.69 Å². The van der Waals surface area contributed by atoms with E-state index in [9.17, 15) is 4.79 Å². The van der Waals surface area contributed by atoms with E-state index in [2.05, 4.69) is 48.0 Å². The molecular weight excluding hydrogens is 320 g/mol. The monoisotopic (exact) mass is 344 g/mol. The number of nitrogens with two attached hydrogens (primary N) is 1. The summed E-state index contributed by atoms with van der Waals surface area (Å²) in [6, 6.07) is 8.65. The molecule has 6 heteroatoms. The molecule has 24 heavy (non-hydrogen) atoms. The number of benzene rings is 1. The van der Waals surface area contributed by atoms with Gasteiger partial charge in [-0.05, 0) is 31.9 Å². The smallest absolute Gasteiger partial charge is 0.223 e. The number of aromatic nitrogens is 1. The number of nitrogens with zero attached hydrogens (tertiary/aromatic N) is 3. The number of carbonyl (C=O) groups is 1. The number of aryl methyl sites for hydroxylation is 2. The third-order valence-electron chi connectivity index (χ3n) is 4.57. The fraction of sp³-hybridized carbons (Fsp3) is 0.444. The van der Waals surface area contributed by atoms with Crippen LogP contribution in [0.1, 0.15) is 24.6 Å². The van der Waals surface area contributed by atoms with Crippen LogP contribution in [-0.2, 0) is 11.2 Å². The lowest BCUT2D eigenvalue weighted by molar-refractivity contribution is -0.133. The largest absolute Gasteiger partial charge is 0.375 e. The molecule has 1 amide bonds. The van der Waals surface area contributed by atoms with Gasteiger partial charge >= 0.3 is 0 Å². The van der Waals surface area contributed by atoms with E-state index in [-0.39, 0.29) is 11.9 Å². The molecule has 128 valence electrons. The Balaban J connectivity index is 1.57. The molecule has 0 bridgehead atoms. The van der Waals surface area contributed by atoms with Crippen LogP contribution in [0.15, 0.2) is 29.6 Å². The molecule has 5 nitrogen and oxygen atoms in total. The van der Waals surface area contributed by atoms with Gasteiger partial charge < -0.3 is 15.5 Å². The van der Waals surface area contributed by atoms with E-state index in [0.717, 1.165) is 25.3 Å². The van der Waals surface area contributed by atoms with Crippen molar-refractivity contribution in [2.24, 2.45) is 0 Å². The third-order valence-corrected chi connectivity index (χ3v) is 5.29. The van der Waals surface area contributed by atoms with E-state index in [1.54, 1.807) is 0 Å². The summed E-state index contributed by atoms with van der Waals surface area (Å²) in [5.41, 5.74) is 9.11. The van der Waals surface area contributed by atoms with Gasteiger partial charge in [-0.3, -0.25) is 4.79 Å². The summed E-state index contributed by atoms with van der Waals surface area (Å²) >= 11 is 1.43. The van der Waals surface area contributed by atoms with E-state index in [1.807, 2.05) is 10.3 Å². The fourth-order valence-electron chi connectivity index (χ4n) is 3.28. The first-order valence-electron chi connectivity index (χ1n) is 8.34. The van der Waals surface area contributed by atoms with Crippen LogP contribution in [0.2, 0.25) is 0 Å². The summed E-state index contributed by atoms with van der Waals surface area (Å²) in [7, 11) is 0. The van der Waals surface area contributed by atoms with Crippen molar-refractivity contribution < 1.29 is 4.79 Å². The van der Waals surface area contributed by atoms with Gasteiger partial charge in [0.1, 0.15) is 0 Å². The van der Waals surface area contributed by atoms with Crippen LogP contribution >= 0.6 is 11.3 Å². The number of amides is 1. The molecule has 2 N–H and O–H groups in total. The molecule has 0 radical (unpaired) electrons. The second-order valence-electron chi connectivity index (χ2n) is 6.35. The molecule has 3 rings (SSSR count). The standard InChI is InChI=1S/C18H24N4OS/c1-13-5-3-4-6-16(13)21-9-10-22(14(2)11-21)17(23)8-7-15-12-24-18(19)20-15/h3-6,12,14H,7-11H2,1-2H3,(H2,19,20). The minimum Gasteiger partial charge on any atom is -0.375 e. The predicted octanol–water partition coefficient (Wildman–Crippen LogP) is 2.70. The Hall–Kier alpha value is -2.08. The second kappa shape index (κ2) is 7.21. The van der Waals surface area contributed by atoms with Crippen LogP contribution in [0.5, 0.6) is 0 Å². The zero-order valence-electron chi connectivity index (χ0n) is 14.2. The molecule has 1 aliphatic rings. The molecule has 1 aromatic heterocycles. The highest BCUT2D eigenvalue weighted by Crippen LogP contribution is 2.23. The molecule has 0 saturated carbocycles. The zero-order valence-corrected chi connectivity index (χ0v) is 15.1. The molecule has 1 aliphatic heterocycles. The van der Waals surface area contributed by atoms with Crippen LogP contribution in [0.3, 0.4) is 0 Å². The average Bonchev–Trinajstić information content (AvgIpc) is 2.98. The summed E-state index contributed by atoms with van der Waals surface area (Å²) in [4.78, 5) is 21.2. The van der Waals surface area contributed by atoms with Crippen molar-refractivity contribution in [1.82, 2.24) is 9.88 Å². The maximum absolute atomic E-state index is 12.6. The van der Waals surface area contributed by atoms with Gasteiger partial charge in [0, 0.05) is 43.2 Å². The molecule has 2 aromatic rings. The van der Waals surface area contributed by atoms with Gasteiger partial charge in [-0.25, -0.2) is 4.98 Å². The molecule has 1 atom stereocenters. The van der Waals surface area contributed by atoms with Crippen LogP contribution < -0.4 is 10.6 Å². The van der Waals surface area contributed by atoms with Crippen LogP contribution in [0.4, 0.5) is 10.8 Å². The van der Waals surface area contributed by atoms with Crippen molar-refractivity contribution in [2.45, 2.75) is 32.7 Å². The summed E-state index contributed by atoms with van der Waals surface area (Å²) < 4.78 is 0. The van der Waals surface area contributed by atoms with Crippen molar-refractivity contribution >= 4 is 28.1 Å². The van der Waals surface area contributed by atoms with Gasteiger partial charge in [-0.15, -0.1) is 11.3 Å². The number of carbonyl (C=O) groups excluding carboxylic acids is 1. The normalized spacial score (nSPS) is 18.0. The summed E-state index contributed by atoms with van der Waals surface area (Å²) in [6.45, 7) is 6.79. The number of rotatable bonds is 4. The Labute approximate surface area is 147 Å². The minimum absolute atomic E-state index is 0.207. The number of hydrogen-bond acceptors (Lipinski definition) is 5. The van der Waals surface area contributed by atoms with Gasteiger partial charge in [-0.1, -0.05) is 18.2 Å². The Morgan fingerprint density at radius 1 is 1.38 bits per heavy atom. The first-order valence-corrected chi connectivity index (χ1v) is 9.22. The van der Waals surface area contributed by atoms with Crippen LogP contribution in [-0.4, -0.2) is 41.5 Å². The Bertz CT molecular complexity index is 715. The summed E-state index contributed by atoms with van der Waals surface area (Å²) in [5.74, 6) is 0.207. The molecule has 1 aromatic carbocycles. The summed E-state index contributed by atoms with van der Waals surface area (Å²) in [6.07, 6.45) is 1.16. The first kappa shape index (κ1) is 16.8. The van der Waals surface area contributed by atoms with E-state index < -0.39 is 0 Å². The van der Waals surface area contributed by atoms with Crippen molar-refractivity contribution in [1.29, 1.82) is 0 Å². The SMILES string of the molecule is Cc1ccccc1N1CCN(C(=O)CCc2csc(N)n2)C(C)C1. The molecule has 2 heterocycles. The Kier molecular flexibility index (Phi) is 5.04. The highest BCUT2D eigenvalue weighted by molar-refractivity contribution is 7.13. The van der Waals surface area contributed by atoms with Crippen molar-refractivity contribution in [2.75, 3.05) is 30.3 Å². The lowest BCUT2D eigenvalue weighted by atomic mass is 10.1. The molecule has 0 spiro atoms. The van der Waals surface area contributed by atoms with Crippen LogP contribution in [0.25, 0.3) is 0 Å².